The lowest BCUT2D eigenvalue weighted by atomic mass is 10.1. The van der Waals surface area contributed by atoms with E-state index in [-0.39, 0.29) is 21.7 Å². The Morgan fingerprint density at radius 3 is 2.56 bits per heavy atom. The zero-order valence-electron chi connectivity index (χ0n) is 19.4. The summed E-state index contributed by atoms with van der Waals surface area (Å²) in [5.74, 6) is 0.755. The Hall–Kier alpha value is -2.13. The first kappa shape index (κ1) is 26.5. The number of hydrogen-bond acceptors (Lipinski definition) is 6. The summed E-state index contributed by atoms with van der Waals surface area (Å²) in [6.45, 7) is 4.38. The molecule has 1 aliphatic rings. The Bertz CT molecular complexity index is 1150. The number of amides is 1. The minimum atomic E-state index is -3.58. The van der Waals surface area contributed by atoms with Crippen molar-refractivity contribution in [1.29, 1.82) is 0 Å². The van der Waals surface area contributed by atoms with Crippen LogP contribution in [0.15, 0.2) is 46.3 Å². The molecule has 0 spiro atoms. The number of aliphatic imine (C=N–C) groups is 1. The summed E-state index contributed by atoms with van der Waals surface area (Å²) in [6, 6.07) is 11.0. The second-order valence-electron chi connectivity index (χ2n) is 8.30. The number of carbonyl (C=O) groups is 1. The summed E-state index contributed by atoms with van der Waals surface area (Å²) in [6.07, 6.45) is 1.76. The van der Waals surface area contributed by atoms with Gasteiger partial charge in [-0.05, 0) is 49.6 Å². The van der Waals surface area contributed by atoms with Crippen molar-refractivity contribution in [2.24, 2.45) is 4.99 Å². The molecule has 2 aromatic carbocycles. The van der Waals surface area contributed by atoms with Gasteiger partial charge in [0.05, 0.1) is 16.5 Å². The lowest BCUT2D eigenvalue weighted by Gasteiger charge is -2.17. The number of carbonyl (C=O) groups excluding carboxylic acids is 1. The molecule has 184 valence electrons. The number of benzene rings is 2. The summed E-state index contributed by atoms with van der Waals surface area (Å²) >= 11 is 12.2. The molecule has 34 heavy (non-hydrogen) atoms. The third-order valence-electron chi connectivity index (χ3n) is 5.65. The summed E-state index contributed by atoms with van der Waals surface area (Å²) < 4.78 is 25.1. The predicted octanol–water partition coefficient (Wildman–Crippen LogP) is 3.80. The number of sulfone groups is 1. The van der Waals surface area contributed by atoms with Gasteiger partial charge in [0.1, 0.15) is 11.7 Å². The van der Waals surface area contributed by atoms with Crippen LogP contribution in [-0.2, 0) is 21.2 Å². The third kappa shape index (κ3) is 6.95. The van der Waals surface area contributed by atoms with E-state index in [1.54, 1.807) is 18.9 Å². The largest absolute Gasteiger partial charge is 0.368 e. The van der Waals surface area contributed by atoms with Crippen molar-refractivity contribution in [3.8, 4) is 0 Å². The molecule has 0 atom stereocenters. The van der Waals surface area contributed by atoms with E-state index in [0.717, 1.165) is 30.1 Å². The molecule has 1 aliphatic heterocycles. The minimum absolute atomic E-state index is 0.0574. The van der Waals surface area contributed by atoms with Crippen molar-refractivity contribution in [2.75, 3.05) is 32.6 Å². The van der Waals surface area contributed by atoms with Crippen molar-refractivity contribution in [3.05, 3.63) is 63.1 Å². The van der Waals surface area contributed by atoms with Crippen LogP contribution in [0.5, 0.6) is 0 Å². The van der Waals surface area contributed by atoms with Crippen molar-refractivity contribution < 1.29 is 13.2 Å². The van der Waals surface area contributed by atoms with Crippen molar-refractivity contribution in [3.63, 3.8) is 0 Å². The van der Waals surface area contributed by atoms with Crippen LogP contribution < -0.4 is 10.6 Å². The second-order valence-corrected chi connectivity index (χ2v) is 11.0. The second kappa shape index (κ2) is 12.0. The number of amidine groups is 1. The molecular formula is C24H30Cl2N4O3S. The first-order valence-electron chi connectivity index (χ1n) is 11.2. The maximum atomic E-state index is 12.6. The van der Waals surface area contributed by atoms with Gasteiger partial charge in [0.2, 0.25) is 5.91 Å². The van der Waals surface area contributed by atoms with Gasteiger partial charge in [-0.25, -0.2) is 8.42 Å². The quantitative estimate of drug-likeness (QED) is 0.436. The lowest BCUT2D eigenvalue weighted by Crippen LogP contribution is -2.27. The Balaban J connectivity index is 1.37. The number of hydrogen-bond donors (Lipinski definition) is 2. The maximum Gasteiger partial charge on any atom is 0.222 e. The van der Waals surface area contributed by atoms with Gasteiger partial charge in [-0.1, -0.05) is 47.5 Å². The summed E-state index contributed by atoms with van der Waals surface area (Å²) in [4.78, 5) is 18.6. The van der Waals surface area contributed by atoms with E-state index in [9.17, 15) is 13.2 Å². The van der Waals surface area contributed by atoms with Gasteiger partial charge in [0.25, 0.3) is 0 Å². The Morgan fingerprint density at radius 2 is 1.88 bits per heavy atom. The fraction of sp³-hybridized carbons (Fsp3) is 0.417. The van der Waals surface area contributed by atoms with Crippen LogP contribution in [0.25, 0.3) is 0 Å². The lowest BCUT2D eigenvalue weighted by molar-refractivity contribution is -0.130. The topological polar surface area (TPSA) is 90.9 Å². The highest BCUT2D eigenvalue weighted by atomic mass is 35.5. The molecule has 2 aromatic rings. The van der Waals surface area contributed by atoms with Gasteiger partial charge in [0.15, 0.2) is 9.84 Å². The van der Waals surface area contributed by atoms with Crippen LogP contribution in [0, 0.1) is 6.92 Å². The zero-order valence-corrected chi connectivity index (χ0v) is 21.7. The summed E-state index contributed by atoms with van der Waals surface area (Å²) in [5.41, 5.74) is 2.66. The van der Waals surface area contributed by atoms with Crippen molar-refractivity contribution >= 4 is 44.8 Å². The van der Waals surface area contributed by atoms with E-state index in [1.807, 2.05) is 24.3 Å². The minimum Gasteiger partial charge on any atom is -0.368 e. The maximum absolute atomic E-state index is 12.6. The Labute approximate surface area is 211 Å². The van der Waals surface area contributed by atoms with Crippen LogP contribution in [-0.4, -0.2) is 57.6 Å². The van der Waals surface area contributed by atoms with Crippen LogP contribution in [0.2, 0.25) is 10.0 Å². The highest BCUT2D eigenvalue weighted by Crippen LogP contribution is 2.30. The third-order valence-corrected chi connectivity index (χ3v) is 8.26. The normalized spacial score (nSPS) is 13.5. The fourth-order valence-electron chi connectivity index (χ4n) is 3.60. The molecule has 7 nitrogen and oxygen atoms in total. The zero-order chi connectivity index (χ0) is 24.7. The number of nitrogens with zero attached hydrogens (tertiary/aromatic N) is 2. The van der Waals surface area contributed by atoms with E-state index < -0.39 is 9.84 Å². The smallest absolute Gasteiger partial charge is 0.222 e. The molecule has 0 saturated heterocycles. The summed E-state index contributed by atoms with van der Waals surface area (Å²) in [7, 11) is -1.79. The monoisotopic (exact) mass is 524 g/mol. The number of nitrogens with one attached hydrogen (secondary N) is 2. The SMILES string of the molecule is Cc1c(Cl)ccc(S(=O)(=O)CNCCCCC(=O)N(C)Cc2ccc(C3=NCCN3)cc2)c1Cl. The molecule has 0 unspecified atom stereocenters. The van der Waals surface area contributed by atoms with Crippen LogP contribution >= 0.6 is 23.2 Å². The standard InChI is InChI=1S/C24H30Cl2N4O3S/c1-17-20(25)10-11-21(23(17)26)34(32,33)16-27-12-4-3-5-22(31)30(2)15-18-6-8-19(9-7-18)24-28-13-14-29-24/h6-11,27H,3-5,12-16H2,1-2H3,(H,28,29). The first-order valence-corrected chi connectivity index (χ1v) is 13.6. The average molecular weight is 526 g/mol. The van der Waals surface area contributed by atoms with Crippen molar-refractivity contribution in [2.45, 2.75) is 37.6 Å². The highest BCUT2D eigenvalue weighted by Gasteiger charge is 2.20. The fourth-order valence-corrected chi connectivity index (χ4v) is 5.59. The van der Waals surface area contributed by atoms with Gasteiger partial charge in [-0.2, -0.15) is 0 Å². The number of unbranched alkanes of at least 4 members (excludes halogenated alkanes) is 1. The highest BCUT2D eigenvalue weighted by molar-refractivity contribution is 7.91. The van der Waals surface area contributed by atoms with Gasteiger partial charge in [-0.3, -0.25) is 9.79 Å². The van der Waals surface area contributed by atoms with Gasteiger partial charge < -0.3 is 15.5 Å². The number of halogens is 2. The molecule has 0 aliphatic carbocycles. The van der Waals surface area contributed by atoms with Crippen LogP contribution in [0.3, 0.4) is 0 Å². The van der Waals surface area contributed by atoms with Gasteiger partial charge in [0, 0.05) is 37.1 Å². The molecule has 0 aromatic heterocycles. The van der Waals surface area contributed by atoms with E-state index in [1.165, 1.54) is 12.1 Å². The van der Waals surface area contributed by atoms with Crippen LogP contribution in [0.1, 0.15) is 36.0 Å². The summed E-state index contributed by atoms with van der Waals surface area (Å²) in [5, 5.41) is 6.77. The van der Waals surface area contributed by atoms with Gasteiger partial charge >= 0.3 is 0 Å². The van der Waals surface area contributed by atoms with Crippen LogP contribution in [0.4, 0.5) is 0 Å². The Kier molecular flexibility index (Phi) is 9.36. The molecule has 1 heterocycles. The van der Waals surface area contributed by atoms with E-state index in [2.05, 4.69) is 15.6 Å². The van der Waals surface area contributed by atoms with Crippen molar-refractivity contribution in [1.82, 2.24) is 15.5 Å². The average Bonchev–Trinajstić information content (AvgIpc) is 3.35. The molecular weight excluding hydrogens is 495 g/mol. The molecule has 0 fully saturated rings. The van der Waals surface area contributed by atoms with E-state index in [0.29, 0.717) is 42.9 Å². The molecule has 1 amide bonds. The Morgan fingerprint density at radius 1 is 1.15 bits per heavy atom. The van der Waals surface area contributed by atoms with E-state index >= 15 is 0 Å². The molecule has 2 N–H and O–H groups in total. The molecule has 3 rings (SSSR count). The van der Waals surface area contributed by atoms with Gasteiger partial charge in [-0.15, -0.1) is 0 Å². The first-order chi connectivity index (χ1) is 16.2. The van der Waals surface area contributed by atoms with E-state index in [4.69, 9.17) is 23.2 Å². The predicted molar refractivity (Wildman–Crippen MR) is 137 cm³/mol. The molecule has 0 bridgehead atoms. The molecule has 10 heteroatoms. The number of rotatable bonds is 11. The molecule has 0 saturated carbocycles. The molecule has 0 radical (unpaired) electrons.